The Morgan fingerprint density at radius 2 is 2.17 bits per heavy atom. The van der Waals surface area contributed by atoms with Crippen LogP contribution in [0.1, 0.15) is 49.8 Å². The van der Waals surface area contributed by atoms with E-state index in [-0.39, 0.29) is 0 Å². The number of pyridine rings is 1. The van der Waals surface area contributed by atoms with E-state index in [1.807, 2.05) is 39.0 Å². The number of rotatable bonds is 3. The van der Waals surface area contributed by atoms with Crippen LogP contribution in [0.5, 0.6) is 0 Å². The van der Waals surface area contributed by atoms with Crippen molar-refractivity contribution in [3.05, 3.63) is 59.0 Å². The Labute approximate surface area is 142 Å². The third-order valence-electron chi connectivity index (χ3n) is 4.14. The molecule has 124 valence electrons. The predicted octanol–water partition coefficient (Wildman–Crippen LogP) is 6.27. The SMILES string of the molecule is C=Cc1oc2c(C)cc(C3=CCC(C)(F)C=C3)nc2c1C=C(C)C. The van der Waals surface area contributed by atoms with Gasteiger partial charge in [-0.2, -0.15) is 0 Å². The van der Waals surface area contributed by atoms with Crippen molar-refractivity contribution in [3.8, 4) is 0 Å². The number of nitrogens with zero attached hydrogens (tertiary/aromatic N) is 1. The van der Waals surface area contributed by atoms with E-state index < -0.39 is 5.67 Å². The van der Waals surface area contributed by atoms with Crippen molar-refractivity contribution >= 4 is 28.8 Å². The lowest BCUT2D eigenvalue weighted by atomic mass is 9.93. The maximum absolute atomic E-state index is 14.0. The molecule has 0 aromatic carbocycles. The van der Waals surface area contributed by atoms with Crippen molar-refractivity contribution in [1.82, 2.24) is 4.98 Å². The summed E-state index contributed by atoms with van der Waals surface area (Å²) in [6.07, 6.45) is 9.45. The van der Waals surface area contributed by atoms with Crippen LogP contribution in [0.15, 0.2) is 40.9 Å². The number of furan rings is 1. The van der Waals surface area contributed by atoms with Gasteiger partial charge in [-0.1, -0.05) is 30.4 Å². The molecule has 0 aliphatic heterocycles. The molecule has 0 saturated heterocycles. The molecule has 3 heteroatoms. The van der Waals surface area contributed by atoms with Gasteiger partial charge in [0.1, 0.15) is 16.9 Å². The standard InChI is InChI=1S/C21H22FNO/c1-6-18-16(11-13(2)3)19-20(24-18)14(4)12-17(23-19)15-7-9-21(5,22)10-8-15/h6-9,11-12H,1,10H2,2-5H3. The number of fused-ring (bicyclic) bond motifs is 1. The highest BCUT2D eigenvalue weighted by atomic mass is 19.1. The molecule has 0 spiro atoms. The van der Waals surface area contributed by atoms with Crippen molar-refractivity contribution in [2.75, 3.05) is 0 Å². The molecule has 0 bridgehead atoms. The first kappa shape index (κ1) is 16.4. The molecule has 0 amide bonds. The fourth-order valence-electron chi connectivity index (χ4n) is 2.88. The van der Waals surface area contributed by atoms with Crippen LogP contribution in [0.25, 0.3) is 28.8 Å². The van der Waals surface area contributed by atoms with Gasteiger partial charge in [-0.15, -0.1) is 0 Å². The maximum atomic E-state index is 14.0. The third-order valence-corrected chi connectivity index (χ3v) is 4.14. The molecule has 0 saturated carbocycles. The van der Waals surface area contributed by atoms with E-state index in [0.717, 1.165) is 44.8 Å². The average Bonchev–Trinajstić information content (AvgIpc) is 2.85. The van der Waals surface area contributed by atoms with Gasteiger partial charge in [0.15, 0.2) is 5.58 Å². The molecule has 0 radical (unpaired) electrons. The van der Waals surface area contributed by atoms with Crippen LogP contribution in [0, 0.1) is 6.92 Å². The molecule has 2 nitrogen and oxygen atoms in total. The fraction of sp³-hybridized carbons (Fsp3) is 0.286. The lowest BCUT2D eigenvalue weighted by molar-refractivity contribution is 0.260. The molecule has 0 fully saturated rings. The largest absolute Gasteiger partial charge is 0.454 e. The summed E-state index contributed by atoms with van der Waals surface area (Å²) in [5.41, 5.74) is 5.22. The van der Waals surface area contributed by atoms with Gasteiger partial charge in [0.2, 0.25) is 0 Å². The Bertz CT molecular complexity index is 906. The van der Waals surface area contributed by atoms with Gasteiger partial charge >= 0.3 is 0 Å². The minimum absolute atomic E-state index is 0.363. The zero-order valence-electron chi connectivity index (χ0n) is 14.6. The maximum Gasteiger partial charge on any atom is 0.156 e. The van der Waals surface area contributed by atoms with Gasteiger partial charge < -0.3 is 4.42 Å². The topological polar surface area (TPSA) is 26.0 Å². The van der Waals surface area contributed by atoms with E-state index >= 15 is 0 Å². The zero-order valence-corrected chi connectivity index (χ0v) is 14.6. The lowest BCUT2D eigenvalue weighted by Gasteiger charge is -2.18. The van der Waals surface area contributed by atoms with Crippen molar-refractivity contribution in [2.24, 2.45) is 0 Å². The van der Waals surface area contributed by atoms with E-state index in [4.69, 9.17) is 9.40 Å². The summed E-state index contributed by atoms with van der Waals surface area (Å²) >= 11 is 0. The normalized spacial score (nSPS) is 20.1. The summed E-state index contributed by atoms with van der Waals surface area (Å²) in [6, 6.07) is 1.99. The Hall–Kier alpha value is -2.42. The lowest BCUT2D eigenvalue weighted by Crippen LogP contribution is -2.15. The Kier molecular flexibility index (Phi) is 4.04. The average molecular weight is 323 g/mol. The molecule has 1 aliphatic rings. The summed E-state index contributed by atoms with van der Waals surface area (Å²) in [5.74, 6) is 0.725. The van der Waals surface area contributed by atoms with E-state index in [9.17, 15) is 4.39 Å². The van der Waals surface area contributed by atoms with Crippen molar-refractivity contribution in [3.63, 3.8) is 0 Å². The molecule has 1 aliphatic carbocycles. The second-order valence-corrected chi connectivity index (χ2v) is 6.78. The van der Waals surface area contributed by atoms with Crippen LogP contribution in [0.4, 0.5) is 4.39 Å². The van der Waals surface area contributed by atoms with Gasteiger partial charge in [-0.25, -0.2) is 9.37 Å². The van der Waals surface area contributed by atoms with Crippen LogP contribution in [0.2, 0.25) is 0 Å². The highest BCUT2D eigenvalue weighted by Crippen LogP contribution is 2.34. The van der Waals surface area contributed by atoms with Crippen molar-refractivity contribution in [1.29, 1.82) is 0 Å². The number of allylic oxidation sites excluding steroid dienone is 5. The summed E-state index contributed by atoms with van der Waals surface area (Å²) in [6.45, 7) is 11.5. The highest BCUT2D eigenvalue weighted by molar-refractivity contribution is 5.91. The Balaban J connectivity index is 2.19. The third kappa shape index (κ3) is 2.99. The first-order chi connectivity index (χ1) is 11.3. The summed E-state index contributed by atoms with van der Waals surface area (Å²) in [5, 5.41) is 0. The number of alkyl halides is 1. The second-order valence-electron chi connectivity index (χ2n) is 6.78. The van der Waals surface area contributed by atoms with Crippen LogP contribution >= 0.6 is 0 Å². The molecule has 1 unspecified atom stereocenters. The quantitative estimate of drug-likeness (QED) is 0.665. The van der Waals surface area contributed by atoms with Crippen LogP contribution in [-0.4, -0.2) is 10.7 Å². The molecule has 2 aromatic heterocycles. The van der Waals surface area contributed by atoms with Gasteiger partial charge in [0, 0.05) is 12.0 Å². The molecule has 3 rings (SSSR count). The predicted molar refractivity (Wildman–Crippen MR) is 99.4 cm³/mol. The highest BCUT2D eigenvalue weighted by Gasteiger charge is 2.22. The van der Waals surface area contributed by atoms with E-state index in [1.54, 1.807) is 19.1 Å². The first-order valence-electron chi connectivity index (χ1n) is 8.11. The van der Waals surface area contributed by atoms with Crippen LogP contribution in [-0.2, 0) is 0 Å². The zero-order chi connectivity index (χ0) is 17.5. The number of halogens is 1. The molecular weight excluding hydrogens is 301 g/mol. The molecule has 2 aromatic rings. The summed E-state index contributed by atoms with van der Waals surface area (Å²) < 4.78 is 19.9. The number of hydrogen-bond donors (Lipinski definition) is 0. The van der Waals surface area contributed by atoms with E-state index in [0.29, 0.717) is 6.42 Å². The smallest absolute Gasteiger partial charge is 0.156 e. The fourth-order valence-corrected chi connectivity index (χ4v) is 2.88. The van der Waals surface area contributed by atoms with Crippen molar-refractivity contribution < 1.29 is 8.81 Å². The number of aromatic nitrogens is 1. The number of hydrogen-bond acceptors (Lipinski definition) is 2. The van der Waals surface area contributed by atoms with E-state index in [2.05, 4.69) is 12.7 Å². The molecular formula is C21H22FNO. The first-order valence-corrected chi connectivity index (χ1v) is 8.11. The monoisotopic (exact) mass is 323 g/mol. The summed E-state index contributed by atoms with van der Waals surface area (Å²) in [4.78, 5) is 4.80. The minimum Gasteiger partial charge on any atom is -0.454 e. The van der Waals surface area contributed by atoms with E-state index in [1.165, 1.54) is 0 Å². The van der Waals surface area contributed by atoms with Gasteiger partial charge in [0.25, 0.3) is 0 Å². The molecule has 2 heterocycles. The van der Waals surface area contributed by atoms with Crippen molar-refractivity contribution in [2.45, 2.75) is 39.8 Å². The second kappa shape index (κ2) is 5.90. The van der Waals surface area contributed by atoms with Gasteiger partial charge in [-0.05, 0) is 57.0 Å². The summed E-state index contributed by atoms with van der Waals surface area (Å²) in [7, 11) is 0. The van der Waals surface area contributed by atoms with Gasteiger partial charge in [0.05, 0.1) is 5.69 Å². The molecule has 0 N–H and O–H groups in total. The van der Waals surface area contributed by atoms with Gasteiger partial charge in [-0.3, -0.25) is 0 Å². The Morgan fingerprint density at radius 1 is 1.42 bits per heavy atom. The van der Waals surface area contributed by atoms with Crippen LogP contribution < -0.4 is 0 Å². The number of aryl methyl sites for hydroxylation is 1. The Morgan fingerprint density at radius 3 is 2.75 bits per heavy atom. The molecule has 1 atom stereocenters. The molecule has 24 heavy (non-hydrogen) atoms. The minimum atomic E-state index is -1.28. The van der Waals surface area contributed by atoms with Crippen LogP contribution in [0.3, 0.4) is 0 Å².